The quantitative estimate of drug-likeness (QED) is 0.922. The van der Waals surface area contributed by atoms with Gasteiger partial charge in [0, 0.05) is 25.3 Å². The molecule has 1 saturated heterocycles. The van der Waals surface area contributed by atoms with Crippen LogP contribution in [-0.2, 0) is 0 Å². The van der Waals surface area contributed by atoms with Gasteiger partial charge >= 0.3 is 6.03 Å². The fourth-order valence-corrected chi connectivity index (χ4v) is 4.13. The van der Waals surface area contributed by atoms with E-state index in [2.05, 4.69) is 19.9 Å². The smallest absolute Gasteiger partial charge is 0.317 e. The Kier molecular flexibility index (Phi) is 4.12. The summed E-state index contributed by atoms with van der Waals surface area (Å²) >= 11 is 0. The van der Waals surface area contributed by atoms with Crippen LogP contribution in [0.1, 0.15) is 50.4 Å². The molecule has 128 valence electrons. The molecule has 4 rings (SSSR count). The Labute approximate surface area is 142 Å². The van der Waals surface area contributed by atoms with E-state index in [0.29, 0.717) is 6.04 Å². The highest BCUT2D eigenvalue weighted by atomic mass is 16.2. The first-order chi connectivity index (χ1) is 11.7. The second kappa shape index (κ2) is 6.42. The molecule has 2 fully saturated rings. The molecule has 1 atom stereocenters. The minimum absolute atomic E-state index is 0.0967. The number of nitrogens with one attached hydrogen (secondary N) is 1. The average Bonchev–Trinajstić information content (AvgIpc) is 3.19. The van der Waals surface area contributed by atoms with Crippen LogP contribution in [0.4, 0.5) is 4.79 Å². The van der Waals surface area contributed by atoms with Crippen LogP contribution in [0.25, 0.3) is 11.2 Å². The molecule has 1 aliphatic carbocycles. The molecule has 3 heterocycles. The summed E-state index contributed by atoms with van der Waals surface area (Å²) in [6, 6.07) is 4.63. The number of nitrogens with zero attached hydrogens (tertiary/aromatic N) is 4. The third-order valence-corrected chi connectivity index (χ3v) is 5.37. The lowest BCUT2D eigenvalue weighted by Gasteiger charge is -2.26. The van der Waals surface area contributed by atoms with Crippen molar-refractivity contribution in [3.05, 3.63) is 24.2 Å². The van der Waals surface area contributed by atoms with Gasteiger partial charge in [-0.3, -0.25) is 0 Å². The van der Waals surface area contributed by atoms with Crippen LogP contribution >= 0.6 is 0 Å². The number of rotatable bonds is 2. The van der Waals surface area contributed by atoms with Crippen LogP contribution < -0.4 is 5.32 Å². The third-order valence-electron chi connectivity index (χ3n) is 5.37. The van der Waals surface area contributed by atoms with E-state index in [4.69, 9.17) is 0 Å². The maximum Gasteiger partial charge on any atom is 0.317 e. The lowest BCUT2D eigenvalue weighted by atomic mass is 9.96. The largest absolute Gasteiger partial charge is 0.335 e. The van der Waals surface area contributed by atoms with E-state index in [1.807, 2.05) is 30.2 Å². The zero-order valence-corrected chi connectivity index (χ0v) is 14.2. The topological polar surface area (TPSA) is 63.1 Å². The molecule has 6 heteroatoms. The molecule has 0 spiro atoms. The van der Waals surface area contributed by atoms with Crippen LogP contribution in [0.5, 0.6) is 0 Å². The molecule has 1 N–H and O–H groups in total. The Morgan fingerprint density at radius 3 is 2.92 bits per heavy atom. The number of urea groups is 1. The van der Waals surface area contributed by atoms with Crippen molar-refractivity contribution < 1.29 is 4.79 Å². The SMILES string of the molecule is Cc1nc2cccnc2n1C1CCN(C(=O)NC2CCCCC2)C1. The van der Waals surface area contributed by atoms with Gasteiger partial charge in [0.2, 0.25) is 0 Å². The predicted octanol–water partition coefficient (Wildman–Crippen LogP) is 3.03. The van der Waals surface area contributed by atoms with E-state index in [9.17, 15) is 4.79 Å². The Morgan fingerprint density at radius 2 is 2.08 bits per heavy atom. The summed E-state index contributed by atoms with van der Waals surface area (Å²) < 4.78 is 2.20. The van der Waals surface area contributed by atoms with Gasteiger partial charge in [0.1, 0.15) is 11.3 Å². The van der Waals surface area contributed by atoms with E-state index in [0.717, 1.165) is 49.3 Å². The first kappa shape index (κ1) is 15.4. The predicted molar refractivity (Wildman–Crippen MR) is 92.9 cm³/mol. The van der Waals surface area contributed by atoms with Gasteiger partial charge in [-0.05, 0) is 38.3 Å². The molecular weight excluding hydrogens is 302 g/mol. The Morgan fingerprint density at radius 1 is 1.25 bits per heavy atom. The Balaban J connectivity index is 1.45. The number of hydrogen-bond acceptors (Lipinski definition) is 3. The van der Waals surface area contributed by atoms with Gasteiger partial charge in [-0.2, -0.15) is 0 Å². The van der Waals surface area contributed by atoms with Crippen molar-refractivity contribution in [3.63, 3.8) is 0 Å². The molecule has 0 aromatic carbocycles. The summed E-state index contributed by atoms with van der Waals surface area (Å²) in [6.07, 6.45) is 8.79. The molecule has 24 heavy (non-hydrogen) atoms. The van der Waals surface area contributed by atoms with E-state index in [1.54, 1.807) is 0 Å². The van der Waals surface area contributed by atoms with Crippen molar-refractivity contribution in [2.45, 2.75) is 57.5 Å². The number of amides is 2. The number of likely N-dealkylation sites (tertiary alicyclic amines) is 1. The summed E-state index contributed by atoms with van der Waals surface area (Å²) in [6.45, 7) is 3.56. The Bertz CT molecular complexity index is 734. The minimum atomic E-state index is 0.0967. The summed E-state index contributed by atoms with van der Waals surface area (Å²) in [7, 11) is 0. The molecule has 1 unspecified atom stereocenters. The first-order valence-electron chi connectivity index (χ1n) is 9.07. The van der Waals surface area contributed by atoms with Gasteiger partial charge in [-0.25, -0.2) is 14.8 Å². The Hall–Kier alpha value is -2.11. The fourth-order valence-electron chi connectivity index (χ4n) is 4.13. The van der Waals surface area contributed by atoms with E-state index < -0.39 is 0 Å². The van der Waals surface area contributed by atoms with E-state index in [-0.39, 0.29) is 12.1 Å². The number of carbonyl (C=O) groups is 1. The molecule has 1 saturated carbocycles. The molecule has 6 nitrogen and oxygen atoms in total. The average molecular weight is 327 g/mol. The highest BCUT2D eigenvalue weighted by molar-refractivity contribution is 5.75. The first-order valence-corrected chi connectivity index (χ1v) is 9.07. The van der Waals surface area contributed by atoms with Crippen molar-refractivity contribution in [2.24, 2.45) is 0 Å². The molecular formula is C18H25N5O. The van der Waals surface area contributed by atoms with Crippen LogP contribution in [-0.4, -0.2) is 44.6 Å². The zero-order chi connectivity index (χ0) is 16.5. The van der Waals surface area contributed by atoms with Crippen molar-refractivity contribution >= 4 is 17.2 Å². The summed E-state index contributed by atoms with van der Waals surface area (Å²) in [4.78, 5) is 23.6. The summed E-state index contributed by atoms with van der Waals surface area (Å²) in [5, 5.41) is 3.22. The van der Waals surface area contributed by atoms with Gasteiger partial charge in [0.05, 0.1) is 6.04 Å². The minimum Gasteiger partial charge on any atom is -0.335 e. The number of hydrogen-bond donors (Lipinski definition) is 1. The number of aryl methyl sites for hydroxylation is 1. The van der Waals surface area contributed by atoms with Crippen molar-refractivity contribution in [3.8, 4) is 0 Å². The van der Waals surface area contributed by atoms with Gasteiger partial charge in [0.15, 0.2) is 5.65 Å². The lowest BCUT2D eigenvalue weighted by Crippen LogP contribution is -2.44. The van der Waals surface area contributed by atoms with Gasteiger partial charge < -0.3 is 14.8 Å². The fraction of sp³-hybridized carbons (Fsp3) is 0.611. The van der Waals surface area contributed by atoms with Crippen LogP contribution in [0.15, 0.2) is 18.3 Å². The summed E-state index contributed by atoms with van der Waals surface area (Å²) in [5.41, 5.74) is 1.86. The second-order valence-corrected chi connectivity index (χ2v) is 7.05. The lowest BCUT2D eigenvalue weighted by molar-refractivity contribution is 0.199. The molecule has 2 aromatic heterocycles. The standard InChI is InChI=1S/C18H25N5O/c1-13-20-16-8-5-10-19-17(16)23(13)15-9-11-22(12-15)18(24)21-14-6-3-2-4-7-14/h5,8,10,14-15H,2-4,6-7,9,11-12H2,1H3,(H,21,24). The van der Waals surface area contributed by atoms with Gasteiger partial charge in [-0.1, -0.05) is 19.3 Å². The zero-order valence-electron chi connectivity index (χ0n) is 14.2. The molecule has 2 aromatic rings. The molecule has 2 aliphatic rings. The normalized spacial score (nSPS) is 22.2. The second-order valence-electron chi connectivity index (χ2n) is 7.05. The van der Waals surface area contributed by atoms with Crippen molar-refractivity contribution in [1.29, 1.82) is 0 Å². The van der Waals surface area contributed by atoms with E-state index >= 15 is 0 Å². The van der Waals surface area contributed by atoms with Crippen LogP contribution in [0.2, 0.25) is 0 Å². The number of imidazole rings is 1. The number of pyridine rings is 1. The van der Waals surface area contributed by atoms with Crippen molar-refractivity contribution in [1.82, 2.24) is 24.8 Å². The third kappa shape index (κ3) is 2.85. The van der Waals surface area contributed by atoms with Gasteiger partial charge in [0.25, 0.3) is 0 Å². The maximum atomic E-state index is 12.6. The van der Waals surface area contributed by atoms with Crippen LogP contribution in [0, 0.1) is 6.92 Å². The van der Waals surface area contributed by atoms with Crippen molar-refractivity contribution in [2.75, 3.05) is 13.1 Å². The number of fused-ring (bicyclic) bond motifs is 1. The molecule has 0 radical (unpaired) electrons. The highest BCUT2D eigenvalue weighted by Gasteiger charge is 2.30. The van der Waals surface area contributed by atoms with Gasteiger partial charge in [-0.15, -0.1) is 0 Å². The van der Waals surface area contributed by atoms with Crippen LogP contribution in [0.3, 0.4) is 0 Å². The summed E-state index contributed by atoms with van der Waals surface area (Å²) in [5.74, 6) is 0.975. The molecule has 2 amide bonds. The maximum absolute atomic E-state index is 12.6. The molecule has 1 aliphatic heterocycles. The number of carbonyl (C=O) groups excluding carboxylic acids is 1. The monoisotopic (exact) mass is 327 g/mol. The molecule has 0 bridgehead atoms. The number of aromatic nitrogens is 3. The highest BCUT2D eigenvalue weighted by Crippen LogP contribution is 2.27. The van der Waals surface area contributed by atoms with E-state index in [1.165, 1.54) is 19.3 Å².